The van der Waals surface area contributed by atoms with Crippen LogP contribution in [0.2, 0.25) is 0 Å². The van der Waals surface area contributed by atoms with E-state index in [1.165, 1.54) is 16.8 Å². The molecular weight excluding hydrogens is 234 g/mol. The first-order valence-electron chi connectivity index (χ1n) is 6.93. The van der Waals surface area contributed by atoms with Gasteiger partial charge in [0.05, 0.1) is 12.2 Å². The van der Waals surface area contributed by atoms with Crippen LogP contribution in [0.4, 0.5) is 0 Å². The molecule has 0 spiro atoms. The Labute approximate surface area is 114 Å². The van der Waals surface area contributed by atoms with Gasteiger partial charge in [-0.25, -0.2) is 0 Å². The van der Waals surface area contributed by atoms with Gasteiger partial charge in [0.1, 0.15) is 0 Å². The molecule has 3 nitrogen and oxygen atoms in total. The number of hydrogen-bond acceptors (Lipinski definition) is 2. The van der Waals surface area contributed by atoms with Crippen LogP contribution in [0.3, 0.4) is 0 Å². The zero-order valence-corrected chi connectivity index (χ0v) is 11.7. The lowest BCUT2D eigenvalue weighted by molar-refractivity contribution is 0.648. The maximum atomic E-state index is 6.24. The molecule has 2 aromatic rings. The van der Waals surface area contributed by atoms with E-state index in [4.69, 9.17) is 5.73 Å². The fourth-order valence-electron chi connectivity index (χ4n) is 2.59. The smallest absolute Gasteiger partial charge is 0.0662 e. The molecule has 100 valence electrons. The molecule has 1 fully saturated rings. The van der Waals surface area contributed by atoms with Crippen LogP contribution in [-0.4, -0.2) is 15.3 Å². The van der Waals surface area contributed by atoms with Gasteiger partial charge in [0.15, 0.2) is 0 Å². The predicted molar refractivity (Wildman–Crippen MR) is 77.1 cm³/mol. The van der Waals surface area contributed by atoms with Crippen molar-refractivity contribution in [1.82, 2.24) is 9.78 Å². The molecule has 1 aromatic heterocycles. The van der Waals surface area contributed by atoms with Gasteiger partial charge in [-0.2, -0.15) is 5.10 Å². The molecule has 1 saturated carbocycles. The molecule has 3 rings (SSSR count). The van der Waals surface area contributed by atoms with Crippen molar-refractivity contribution in [2.24, 2.45) is 5.73 Å². The monoisotopic (exact) mass is 255 g/mol. The highest BCUT2D eigenvalue weighted by Gasteiger charge is 2.39. The summed E-state index contributed by atoms with van der Waals surface area (Å²) >= 11 is 0. The van der Waals surface area contributed by atoms with Crippen LogP contribution in [0.5, 0.6) is 0 Å². The number of hydrogen-bond donors (Lipinski definition) is 1. The molecule has 1 aromatic carbocycles. The van der Waals surface area contributed by atoms with Crippen LogP contribution in [-0.2, 0) is 13.0 Å². The van der Waals surface area contributed by atoms with Gasteiger partial charge in [0.25, 0.3) is 0 Å². The second kappa shape index (κ2) is 4.49. The minimum Gasteiger partial charge on any atom is -0.325 e. The summed E-state index contributed by atoms with van der Waals surface area (Å²) < 4.78 is 2.10. The van der Waals surface area contributed by atoms with Crippen molar-refractivity contribution in [2.45, 2.75) is 45.2 Å². The van der Waals surface area contributed by atoms with Crippen molar-refractivity contribution >= 4 is 0 Å². The molecule has 1 aliphatic rings. The SMILES string of the molecule is Cc1nn(Cc2ccccc2)c(C)c1CC1(N)CC1. The largest absolute Gasteiger partial charge is 0.325 e. The molecule has 0 bridgehead atoms. The average Bonchev–Trinajstić information content (AvgIpc) is 3.08. The normalized spacial score (nSPS) is 16.6. The summed E-state index contributed by atoms with van der Waals surface area (Å²) in [5.74, 6) is 0. The Morgan fingerprint density at radius 2 is 1.89 bits per heavy atom. The summed E-state index contributed by atoms with van der Waals surface area (Å²) in [4.78, 5) is 0. The van der Waals surface area contributed by atoms with Crippen molar-refractivity contribution in [3.63, 3.8) is 0 Å². The highest BCUT2D eigenvalue weighted by Crippen LogP contribution is 2.37. The lowest BCUT2D eigenvalue weighted by Crippen LogP contribution is -2.25. The van der Waals surface area contributed by atoms with E-state index in [1.807, 2.05) is 6.07 Å². The van der Waals surface area contributed by atoms with Crippen molar-refractivity contribution < 1.29 is 0 Å². The molecular formula is C16H21N3. The lowest BCUT2D eigenvalue weighted by atomic mass is 10.0. The van der Waals surface area contributed by atoms with Crippen LogP contribution in [0.25, 0.3) is 0 Å². The summed E-state index contributed by atoms with van der Waals surface area (Å²) in [6.07, 6.45) is 3.27. The molecule has 19 heavy (non-hydrogen) atoms. The summed E-state index contributed by atoms with van der Waals surface area (Å²) in [5, 5.41) is 4.68. The van der Waals surface area contributed by atoms with Gasteiger partial charge in [0, 0.05) is 11.2 Å². The molecule has 1 heterocycles. The predicted octanol–water partition coefficient (Wildman–Crippen LogP) is 2.58. The third-order valence-electron chi connectivity index (χ3n) is 4.13. The van der Waals surface area contributed by atoms with E-state index in [9.17, 15) is 0 Å². The van der Waals surface area contributed by atoms with Crippen molar-refractivity contribution in [2.75, 3.05) is 0 Å². The van der Waals surface area contributed by atoms with E-state index < -0.39 is 0 Å². The van der Waals surface area contributed by atoms with E-state index >= 15 is 0 Å². The zero-order valence-electron chi connectivity index (χ0n) is 11.7. The molecule has 0 aliphatic heterocycles. The fourth-order valence-corrected chi connectivity index (χ4v) is 2.59. The molecule has 3 heteroatoms. The Hall–Kier alpha value is -1.61. The number of benzene rings is 1. The Kier molecular flexibility index (Phi) is 2.94. The zero-order chi connectivity index (χ0) is 13.5. The number of aryl methyl sites for hydroxylation is 1. The molecule has 0 amide bonds. The minimum atomic E-state index is 0.0517. The van der Waals surface area contributed by atoms with Gasteiger partial charge in [0.2, 0.25) is 0 Å². The maximum Gasteiger partial charge on any atom is 0.0662 e. The Morgan fingerprint density at radius 1 is 1.21 bits per heavy atom. The highest BCUT2D eigenvalue weighted by atomic mass is 15.3. The highest BCUT2D eigenvalue weighted by molar-refractivity contribution is 5.29. The van der Waals surface area contributed by atoms with E-state index in [0.29, 0.717) is 0 Å². The van der Waals surface area contributed by atoms with Gasteiger partial charge in [-0.1, -0.05) is 30.3 Å². The number of nitrogens with two attached hydrogens (primary N) is 1. The van der Waals surface area contributed by atoms with Crippen LogP contribution in [0.15, 0.2) is 30.3 Å². The number of nitrogens with zero attached hydrogens (tertiary/aromatic N) is 2. The van der Waals surface area contributed by atoms with Gasteiger partial charge in [-0.05, 0) is 44.2 Å². The first-order valence-corrected chi connectivity index (χ1v) is 6.93. The second-order valence-electron chi connectivity index (χ2n) is 5.83. The van der Waals surface area contributed by atoms with E-state index in [0.717, 1.165) is 31.5 Å². The number of rotatable bonds is 4. The quantitative estimate of drug-likeness (QED) is 0.912. The van der Waals surface area contributed by atoms with Crippen LogP contribution in [0.1, 0.15) is 35.4 Å². The first kappa shape index (κ1) is 12.4. The third-order valence-corrected chi connectivity index (χ3v) is 4.13. The first-order chi connectivity index (χ1) is 9.07. The van der Waals surface area contributed by atoms with Gasteiger partial charge in [-0.15, -0.1) is 0 Å². The van der Waals surface area contributed by atoms with E-state index in [-0.39, 0.29) is 5.54 Å². The van der Waals surface area contributed by atoms with Gasteiger partial charge >= 0.3 is 0 Å². The van der Waals surface area contributed by atoms with Crippen molar-refractivity contribution in [3.05, 3.63) is 52.8 Å². The van der Waals surface area contributed by atoms with Gasteiger partial charge in [-0.3, -0.25) is 4.68 Å². The molecule has 0 atom stereocenters. The van der Waals surface area contributed by atoms with Crippen LogP contribution < -0.4 is 5.73 Å². The van der Waals surface area contributed by atoms with Crippen LogP contribution >= 0.6 is 0 Å². The molecule has 0 unspecified atom stereocenters. The Bertz CT molecular complexity index is 580. The minimum absolute atomic E-state index is 0.0517. The van der Waals surface area contributed by atoms with Gasteiger partial charge < -0.3 is 5.73 Å². The molecule has 2 N–H and O–H groups in total. The Morgan fingerprint density at radius 3 is 2.53 bits per heavy atom. The van der Waals surface area contributed by atoms with E-state index in [2.05, 4.69) is 47.9 Å². The fraction of sp³-hybridized carbons (Fsp3) is 0.438. The van der Waals surface area contributed by atoms with E-state index in [1.54, 1.807) is 0 Å². The topological polar surface area (TPSA) is 43.8 Å². The maximum absolute atomic E-state index is 6.24. The summed E-state index contributed by atoms with van der Waals surface area (Å²) in [6, 6.07) is 10.5. The molecule has 0 saturated heterocycles. The lowest BCUT2D eigenvalue weighted by Gasteiger charge is -2.09. The van der Waals surface area contributed by atoms with Crippen molar-refractivity contribution in [1.29, 1.82) is 0 Å². The molecule has 0 radical (unpaired) electrons. The summed E-state index contributed by atoms with van der Waals surface area (Å²) in [7, 11) is 0. The Balaban J connectivity index is 1.85. The van der Waals surface area contributed by atoms with Crippen molar-refractivity contribution in [3.8, 4) is 0 Å². The standard InChI is InChI=1S/C16H21N3/c1-12-15(10-16(17)8-9-16)13(2)19(18-12)11-14-6-4-3-5-7-14/h3-7H,8-11,17H2,1-2H3. The summed E-state index contributed by atoms with van der Waals surface area (Å²) in [6.45, 7) is 5.09. The number of aromatic nitrogens is 2. The molecule has 1 aliphatic carbocycles. The summed E-state index contributed by atoms with van der Waals surface area (Å²) in [5.41, 5.74) is 11.3. The third kappa shape index (κ3) is 2.56. The van der Waals surface area contributed by atoms with Crippen LogP contribution in [0, 0.1) is 13.8 Å². The second-order valence-corrected chi connectivity index (χ2v) is 5.83. The average molecular weight is 255 g/mol.